The minimum atomic E-state index is 0. The molecule has 0 saturated carbocycles. The van der Waals surface area contributed by atoms with E-state index < -0.39 is 0 Å². The molecule has 0 amide bonds. The predicted octanol–water partition coefficient (Wildman–Crippen LogP) is 3.22. The number of aryl methyl sites for hydroxylation is 1. The van der Waals surface area contributed by atoms with Crippen molar-refractivity contribution in [2.75, 3.05) is 33.4 Å². The van der Waals surface area contributed by atoms with Gasteiger partial charge in [0.05, 0.1) is 0 Å². The van der Waals surface area contributed by atoms with Crippen molar-refractivity contribution in [1.29, 1.82) is 0 Å². The number of nitrogens with one attached hydrogen (secondary N) is 2. The highest BCUT2D eigenvalue weighted by atomic mass is 127. The van der Waals surface area contributed by atoms with E-state index in [1.165, 1.54) is 5.56 Å². The van der Waals surface area contributed by atoms with Gasteiger partial charge in [0.25, 0.3) is 0 Å². The molecule has 0 radical (unpaired) electrons. The van der Waals surface area contributed by atoms with E-state index in [-0.39, 0.29) is 24.0 Å². The monoisotopic (exact) mass is 419 g/mol. The lowest BCUT2D eigenvalue weighted by Crippen LogP contribution is -2.38. The summed E-state index contributed by atoms with van der Waals surface area (Å²) in [6.45, 7) is 5.55. The summed E-state index contributed by atoms with van der Waals surface area (Å²) in [4.78, 5) is 4.23. The third-order valence-electron chi connectivity index (χ3n) is 3.21. The fourth-order valence-electron chi connectivity index (χ4n) is 2.04. The normalized spacial score (nSPS) is 10.9. The van der Waals surface area contributed by atoms with Gasteiger partial charge in [0.15, 0.2) is 5.96 Å². The lowest BCUT2D eigenvalue weighted by atomic mass is 10.1. The number of nitrogens with zero attached hydrogens (tertiary/aromatic N) is 1. The van der Waals surface area contributed by atoms with Crippen molar-refractivity contribution in [1.82, 2.24) is 10.6 Å². The standard InChI is InChI=1S/C17H29N3O.HI/c1-3-21-15-8-7-13-19-17(18-2)20-14-9-12-16-10-5-4-6-11-16;/h4-6,10-11H,3,7-9,12-15H2,1-2H3,(H2,18,19,20);1H. The summed E-state index contributed by atoms with van der Waals surface area (Å²) in [6.07, 6.45) is 4.39. The molecule has 0 aromatic heterocycles. The Morgan fingerprint density at radius 2 is 1.73 bits per heavy atom. The third kappa shape index (κ3) is 10.8. The Kier molecular flexibility index (Phi) is 14.5. The molecule has 0 aliphatic carbocycles. The maximum atomic E-state index is 5.31. The molecule has 0 bridgehead atoms. The van der Waals surface area contributed by atoms with Crippen molar-refractivity contribution in [3.05, 3.63) is 35.9 Å². The molecular weight excluding hydrogens is 389 g/mol. The number of halogens is 1. The largest absolute Gasteiger partial charge is 0.382 e. The van der Waals surface area contributed by atoms with Gasteiger partial charge in [-0.1, -0.05) is 30.3 Å². The van der Waals surface area contributed by atoms with Gasteiger partial charge in [0.2, 0.25) is 0 Å². The summed E-state index contributed by atoms with van der Waals surface area (Å²) < 4.78 is 5.31. The first-order valence-electron chi connectivity index (χ1n) is 7.93. The number of rotatable bonds is 10. The second-order valence-corrected chi connectivity index (χ2v) is 4.92. The molecule has 0 atom stereocenters. The number of benzene rings is 1. The third-order valence-corrected chi connectivity index (χ3v) is 3.21. The fraction of sp³-hybridized carbons (Fsp3) is 0.588. The summed E-state index contributed by atoms with van der Waals surface area (Å²) in [5.74, 6) is 0.888. The van der Waals surface area contributed by atoms with Gasteiger partial charge in [-0.3, -0.25) is 4.99 Å². The van der Waals surface area contributed by atoms with Gasteiger partial charge in [0, 0.05) is 33.4 Å². The van der Waals surface area contributed by atoms with Crippen LogP contribution in [0, 0.1) is 0 Å². The minimum Gasteiger partial charge on any atom is -0.382 e. The number of unbranched alkanes of at least 4 members (excludes halogenated alkanes) is 1. The van der Waals surface area contributed by atoms with Crippen molar-refractivity contribution in [2.24, 2.45) is 4.99 Å². The smallest absolute Gasteiger partial charge is 0.190 e. The van der Waals surface area contributed by atoms with Crippen molar-refractivity contribution >= 4 is 29.9 Å². The lowest BCUT2D eigenvalue weighted by molar-refractivity contribution is 0.143. The van der Waals surface area contributed by atoms with E-state index in [0.29, 0.717) is 0 Å². The zero-order valence-corrected chi connectivity index (χ0v) is 16.1. The topological polar surface area (TPSA) is 45.6 Å². The van der Waals surface area contributed by atoms with Gasteiger partial charge in [-0.25, -0.2) is 0 Å². The number of ether oxygens (including phenoxy) is 1. The molecule has 0 aliphatic rings. The molecule has 4 nitrogen and oxygen atoms in total. The van der Waals surface area contributed by atoms with Crippen molar-refractivity contribution in [3.8, 4) is 0 Å². The van der Waals surface area contributed by atoms with E-state index in [0.717, 1.165) is 57.9 Å². The molecule has 0 aliphatic heterocycles. The van der Waals surface area contributed by atoms with Crippen LogP contribution in [0.25, 0.3) is 0 Å². The van der Waals surface area contributed by atoms with E-state index in [4.69, 9.17) is 4.74 Å². The average Bonchev–Trinajstić information content (AvgIpc) is 2.53. The van der Waals surface area contributed by atoms with E-state index in [9.17, 15) is 0 Å². The Morgan fingerprint density at radius 1 is 1.05 bits per heavy atom. The Hall–Kier alpha value is -0.820. The van der Waals surface area contributed by atoms with Gasteiger partial charge in [-0.2, -0.15) is 0 Å². The molecule has 1 aromatic carbocycles. The van der Waals surface area contributed by atoms with E-state index in [1.807, 2.05) is 14.0 Å². The molecule has 0 fully saturated rings. The lowest BCUT2D eigenvalue weighted by Gasteiger charge is -2.11. The van der Waals surface area contributed by atoms with Crippen LogP contribution in [-0.2, 0) is 11.2 Å². The van der Waals surface area contributed by atoms with Crippen LogP contribution >= 0.6 is 24.0 Å². The number of hydrogen-bond donors (Lipinski definition) is 2. The molecule has 0 saturated heterocycles. The molecule has 0 heterocycles. The van der Waals surface area contributed by atoms with Crippen molar-refractivity contribution < 1.29 is 4.74 Å². The van der Waals surface area contributed by atoms with E-state index >= 15 is 0 Å². The predicted molar refractivity (Wildman–Crippen MR) is 105 cm³/mol. The maximum Gasteiger partial charge on any atom is 0.190 e. The summed E-state index contributed by atoms with van der Waals surface area (Å²) in [7, 11) is 1.81. The van der Waals surface area contributed by atoms with Crippen LogP contribution in [0.15, 0.2) is 35.3 Å². The molecule has 1 aromatic rings. The minimum absolute atomic E-state index is 0. The Bertz CT molecular complexity index is 385. The van der Waals surface area contributed by atoms with Crippen LogP contribution in [0.5, 0.6) is 0 Å². The first-order chi connectivity index (χ1) is 10.4. The van der Waals surface area contributed by atoms with Crippen molar-refractivity contribution in [2.45, 2.75) is 32.6 Å². The molecular formula is C17H30IN3O. The first-order valence-corrected chi connectivity index (χ1v) is 7.93. The van der Waals surface area contributed by atoms with Gasteiger partial charge < -0.3 is 15.4 Å². The summed E-state index contributed by atoms with van der Waals surface area (Å²) in [5, 5.41) is 6.68. The zero-order valence-electron chi connectivity index (χ0n) is 13.8. The average molecular weight is 419 g/mol. The van der Waals surface area contributed by atoms with Gasteiger partial charge in [-0.15, -0.1) is 24.0 Å². The summed E-state index contributed by atoms with van der Waals surface area (Å²) in [5.41, 5.74) is 1.39. The summed E-state index contributed by atoms with van der Waals surface area (Å²) >= 11 is 0. The van der Waals surface area contributed by atoms with Crippen LogP contribution in [0.3, 0.4) is 0 Å². The van der Waals surface area contributed by atoms with Crippen LogP contribution in [0.1, 0.15) is 31.7 Å². The van der Waals surface area contributed by atoms with Crippen LogP contribution in [0.4, 0.5) is 0 Å². The van der Waals surface area contributed by atoms with Crippen LogP contribution in [-0.4, -0.2) is 39.3 Å². The second-order valence-electron chi connectivity index (χ2n) is 4.92. The fourth-order valence-corrected chi connectivity index (χ4v) is 2.04. The molecule has 2 N–H and O–H groups in total. The molecule has 0 spiro atoms. The quantitative estimate of drug-likeness (QED) is 0.265. The van der Waals surface area contributed by atoms with Crippen molar-refractivity contribution in [3.63, 3.8) is 0 Å². The highest BCUT2D eigenvalue weighted by Crippen LogP contribution is 2.01. The molecule has 22 heavy (non-hydrogen) atoms. The molecule has 126 valence electrons. The highest BCUT2D eigenvalue weighted by molar-refractivity contribution is 14.0. The SMILES string of the molecule is CCOCCCCNC(=NC)NCCCc1ccccc1.I. The van der Waals surface area contributed by atoms with E-state index in [2.05, 4.69) is 46.0 Å². The molecule has 1 rings (SSSR count). The zero-order chi connectivity index (χ0) is 15.2. The molecule has 5 heteroatoms. The summed E-state index contributed by atoms with van der Waals surface area (Å²) in [6, 6.07) is 10.6. The Balaban J connectivity index is 0.00000441. The maximum absolute atomic E-state index is 5.31. The number of guanidine groups is 1. The van der Waals surface area contributed by atoms with Gasteiger partial charge >= 0.3 is 0 Å². The van der Waals surface area contributed by atoms with Crippen LogP contribution < -0.4 is 10.6 Å². The Morgan fingerprint density at radius 3 is 2.36 bits per heavy atom. The Labute approximate surface area is 152 Å². The number of hydrogen-bond acceptors (Lipinski definition) is 2. The highest BCUT2D eigenvalue weighted by Gasteiger charge is 1.97. The molecule has 0 unspecified atom stereocenters. The number of aliphatic imine (C=N–C) groups is 1. The van der Waals surface area contributed by atoms with Gasteiger partial charge in [0.1, 0.15) is 0 Å². The van der Waals surface area contributed by atoms with E-state index in [1.54, 1.807) is 0 Å². The van der Waals surface area contributed by atoms with Crippen LogP contribution in [0.2, 0.25) is 0 Å². The van der Waals surface area contributed by atoms with Gasteiger partial charge in [-0.05, 0) is 38.2 Å². The first kappa shape index (κ1) is 21.2. The second kappa shape index (κ2) is 15.1.